The van der Waals surface area contributed by atoms with E-state index in [0.717, 1.165) is 22.6 Å². The summed E-state index contributed by atoms with van der Waals surface area (Å²) >= 11 is 0. The van der Waals surface area contributed by atoms with Crippen LogP contribution in [0, 0.1) is 0 Å². The first kappa shape index (κ1) is 20.5. The molecule has 0 aliphatic carbocycles. The van der Waals surface area contributed by atoms with Gasteiger partial charge in [-0.05, 0) is 47.9 Å². The van der Waals surface area contributed by atoms with Crippen molar-refractivity contribution < 1.29 is 14.3 Å². The Morgan fingerprint density at radius 3 is 2.48 bits per heavy atom. The zero-order valence-electron chi connectivity index (χ0n) is 17.4. The van der Waals surface area contributed by atoms with Gasteiger partial charge < -0.3 is 4.74 Å². The van der Waals surface area contributed by atoms with Crippen molar-refractivity contribution in [3.63, 3.8) is 0 Å². The predicted octanol–water partition coefficient (Wildman–Crippen LogP) is 4.58. The third kappa shape index (κ3) is 3.97. The normalized spacial score (nSPS) is 17.0. The molecule has 0 radical (unpaired) electrons. The van der Waals surface area contributed by atoms with Crippen molar-refractivity contribution in [1.82, 2.24) is 4.98 Å². The van der Waals surface area contributed by atoms with Crippen LogP contribution in [0.4, 0.5) is 5.82 Å². The Morgan fingerprint density at radius 2 is 1.81 bits per heavy atom. The second kappa shape index (κ2) is 8.92. The molecule has 2 aromatic carbocycles. The number of pyridine rings is 1. The lowest BCUT2D eigenvalue weighted by Gasteiger charge is -2.30. The summed E-state index contributed by atoms with van der Waals surface area (Å²) in [6.07, 6.45) is 4.01. The van der Waals surface area contributed by atoms with Crippen LogP contribution in [0.25, 0.3) is 0 Å². The van der Waals surface area contributed by atoms with Crippen LogP contribution in [-0.2, 0) is 4.79 Å². The van der Waals surface area contributed by atoms with Gasteiger partial charge in [0, 0.05) is 18.0 Å². The van der Waals surface area contributed by atoms with E-state index in [0.29, 0.717) is 16.9 Å². The maximum atomic E-state index is 13.4. The van der Waals surface area contributed by atoms with Crippen LogP contribution in [0.2, 0.25) is 0 Å². The molecular formula is C25H23N3O3. The summed E-state index contributed by atoms with van der Waals surface area (Å²) in [4.78, 5) is 36.5. The molecule has 0 saturated carbocycles. The molecule has 1 unspecified atom stereocenters. The van der Waals surface area contributed by atoms with E-state index in [1.807, 2.05) is 43.3 Å². The monoisotopic (exact) mass is 413 g/mol. The molecule has 2 heterocycles. The van der Waals surface area contributed by atoms with E-state index in [2.05, 4.69) is 4.98 Å². The molecule has 2 atom stereocenters. The number of amides is 2. The molecule has 0 N–H and O–H groups in total. The Balaban J connectivity index is 1.70. The number of ether oxygens (including phenoxy) is 1. The van der Waals surface area contributed by atoms with Crippen molar-refractivity contribution in [2.45, 2.75) is 25.3 Å². The minimum absolute atomic E-state index is 0.105. The molecule has 1 aliphatic rings. The molecule has 1 aromatic heterocycles. The minimum atomic E-state index is -0.664. The number of anilines is 1. The highest BCUT2D eigenvalue weighted by Crippen LogP contribution is 2.32. The Morgan fingerprint density at radius 1 is 1.06 bits per heavy atom. The topological polar surface area (TPSA) is 71.9 Å². The van der Waals surface area contributed by atoms with Crippen molar-refractivity contribution in [2.75, 3.05) is 12.0 Å². The molecule has 0 spiro atoms. The number of nitrogens with zero attached hydrogens (tertiary/aromatic N) is 3. The summed E-state index contributed by atoms with van der Waals surface area (Å²) in [5.41, 5.74) is 2.19. The van der Waals surface area contributed by atoms with Crippen molar-refractivity contribution in [3.05, 3.63) is 89.6 Å². The molecule has 0 bridgehead atoms. The molecule has 0 saturated heterocycles. The number of aliphatic imine (C=N–C) groups is 1. The number of hydrogen-bond acceptors (Lipinski definition) is 5. The number of carbonyl (C=O) groups excluding carboxylic acids is 2. The van der Waals surface area contributed by atoms with E-state index in [-0.39, 0.29) is 17.9 Å². The first-order chi connectivity index (χ1) is 15.1. The maximum Gasteiger partial charge on any atom is 0.266 e. The fraction of sp³-hybridized carbons (Fsp3) is 0.200. The summed E-state index contributed by atoms with van der Waals surface area (Å²) < 4.78 is 5.23. The van der Waals surface area contributed by atoms with Gasteiger partial charge in [0.15, 0.2) is 0 Å². The van der Waals surface area contributed by atoms with Gasteiger partial charge >= 0.3 is 0 Å². The summed E-state index contributed by atoms with van der Waals surface area (Å²) in [5, 5.41) is 0. The van der Waals surface area contributed by atoms with Crippen molar-refractivity contribution in [2.24, 2.45) is 4.99 Å². The summed E-state index contributed by atoms with van der Waals surface area (Å²) in [6.45, 7) is 2.05. The second-order valence-electron chi connectivity index (χ2n) is 7.23. The van der Waals surface area contributed by atoms with Gasteiger partial charge in [-0.15, -0.1) is 0 Å². The second-order valence-corrected chi connectivity index (χ2v) is 7.23. The predicted molar refractivity (Wildman–Crippen MR) is 120 cm³/mol. The van der Waals surface area contributed by atoms with Crippen molar-refractivity contribution in [3.8, 4) is 5.75 Å². The van der Waals surface area contributed by atoms with E-state index in [1.54, 1.807) is 49.9 Å². The van der Waals surface area contributed by atoms with E-state index in [1.165, 1.54) is 0 Å². The summed E-state index contributed by atoms with van der Waals surface area (Å²) in [5.74, 6) is -0.291. The fourth-order valence-electron chi connectivity index (χ4n) is 3.75. The highest BCUT2D eigenvalue weighted by atomic mass is 16.5. The lowest BCUT2D eigenvalue weighted by Crippen LogP contribution is -2.46. The average molecular weight is 413 g/mol. The van der Waals surface area contributed by atoms with E-state index in [4.69, 9.17) is 9.73 Å². The van der Waals surface area contributed by atoms with Crippen LogP contribution in [0.1, 0.15) is 46.8 Å². The van der Waals surface area contributed by atoms with Crippen LogP contribution in [0.3, 0.4) is 0 Å². The number of carbonyl (C=O) groups is 2. The van der Waals surface area contributed by atoms with Crippen molar-refractivity contribution in [1.29, 1.82) is 0 Å². The third-order valence-electron chi connectivity index (χ3n) is 5.40. The molecule has 3 aromatic rings. The minimum Gasteiger partial charge on any atom is -0.497 e. The first-order valence-electron chi connectivity index (χ1n) is 10.2. The average Bonchev–Trinajstić information content (AvgIpc) is 2.82. The van der Waals surface area contributed by atoms with Crippen LogP contribution in [-0.4, -0.2) is 30.1 Å². The number of imide groups is 1. The quantitative estimate of drug-likeness (QED) is 0.438. The highest BCUT2D eigenvalue weighted by Gasteiger charge is 2.39. The molecule has 6 nitrogen and oxygen atoms in total. The number of hydrogen-bond donors (Lipinski definition) is 0. The summed E-state index contributed by atoms with van der Waals surface area (Å²) in [7, 11) is 1.63. The molecule has 4 rings (SSSR count). The maximum absolute atomic E-state index is 13.4. The Kier molecular flexibility index (Phi) is 5.89. The molecule has 6 heteroatoms. The van der Waals surface area contributed by atoms with Gasteiger partial charge in [-0.2, -0.15) is 0 Å². The van der Waals surface area contributed by atoms with Gasteiger partial charge in [-0.1, -0.05) is 43.3 Å². The number of rotatable bonds is 6. The van der Waals surface area contributed by atoms with Gasteiger partial charge in [-0.3, -0.25) is 14.6 Å². The molecule has 31 heavy (non-hydrogen) atoms. The van der Waals surface area contributed by atoms with Crippen LogP contribution >= 0.6 is 0 Å². The van der Waals surface area contributed by atoms with Gasteiger partial charge in [0.1, 0.15) is 11.6 Å². The molecule has 0 fully saturated rings. The molecule has 2 amide bonds. The lowest BCUT2D eigenvalue weighted by molar-refractivity contribution is -0.118. The van der Waals surface area contributed by atoms with Gasteiger partial charge in [0.25, 0.3) is 5.91 Å². The van der Waals surface area contributed by atoms with Gasteiger partial charge in [-0.25, -0.2) is 9.88 Å². The molecular weight excluding hydrogens is 390 g/mol. The highest BCUT2D eigenvalue weighted by molar-refractivity contribution is 6.28. The van der Waals surface area contributed by atoms with E-state index >= 15 is 0 Å². The smallest absolute Gasteiger partial charge is 0.266 e. The van der Waals surface area contributed by atoms with E-state index < -0.39 is 5.92 Å². The Hall–Kier alpha value is -3.80. The van der Waals surface area contributed by atoms with Crippen LogP contribution in [0.15, 0.2) is 77.9 Å². The zero-order chi connectivity index (χ0) is 21.8. The van der Waals surface area contributed by atoms with Crippen LogP contribution in [0.5, 0.6) is 5.75 Å². The SMILES string of the molecule is CC[C@@H](N=CC1C(=O)N(c2ccccn2)C(=O)c2ccccc21)c1ccc(OC)cc1. The van der Waals surface area contributed by atoms with E-state index in [9.17, 15) is 9.59 Å². The zero-order valence-corrected chi connectivity index (χ0v) is 17.4. The molecule has 156 valence electrons. The van der Waals surface area contributed by atoms with Gasteiger partial charge in [0.05, 0.1) is 19.1 Å². The first-order valence-corrected chi connectivity index (χ1v) is 10.2. The van der Waals surface area contributed by atoms with Crippen LogP contribution < -0.4 is 9.64 Å². The third-order valence-corrected chi connectivity index (χ3v) is 5.40. The Bertz CT molecular complexity index is 1110. The molecule has 1 aliphatic heterocycles. The number of fused-ring (bicyclic) bond motifs is 1. The number of methoxy groups -OCH3 is 1. The number of benzene rings is 2. The summed E-state index contributed by atoms with van der Waals surface area (Å²) in [6, 6.07) is 20.0. The lowest BCUT2D eigenvalue weighted by atomic mass is 9.89. The fourth-order valence-corrected chi connectivity index (χ4v) is 3.75. The van der Waals surface area contributed by atoms with Gasteiger partial charge in [0.2, 0.25) is 5.91 Å². The largest absolute Gasteiger partial charge is 0.497 e. The standard InChI is InChI=1S/C25H23N3O3/c1-3-22(17-11-13-18(31-2)14-12-17)27-16-21-19-8-4-5-9-20(19)24(29)28(25(21)30)23-10-6-7-15-26-23/h4-16,21-22H,3H2,1-2H3/t21?,22-/m1/s1. The van der Waals surface area contributed by atoms with Crippen molar-refractivity contribution >= 4 is 23.8 Å². The number of aromatic nitrogens is 1. The Labute approximate surface area is 181 Å².